The molecular formula is C9H15N3O. The summed E-state index contributed by atoms with van der Waals surface area (Å²) in [5, 5.41) is 0. The van der Waals surface area contributed by atoms with Gasteiger partial charge in [-0.2, -0.15) is 0 Å². The average molecular weight is 181 g/mol. The first-order chi connectivity index (χ1) is 5.95. The Labute approximate surface area is 77.2 Å². The van der Waals surface area contributed by atoms with Crippen molar-refractivity contribution in [3.05, 3.63) is 22.1 Å². The van der Waals surface area contributed by atoms with E-state index in [2.05, 4.69) is 16.9 Å². The van der Waals surface area contributed by atoms with E-state index in [9.17, 15) is 4.79 Å². The molecule has 0 saturated heterocycles. The van der Waals surface area contributed by atoms with E-state index in [0.717, 1.165) is 12.1 Å². The quantitative estimate of drug-likeness (QED) is 0.716. The molecular weight excluding hydrogens is 166 g/mol. The maximum atomic E-state index is 11.1. The first kappa shape index (κ1) is 9.77. The number of H-pyrrole nitrogens is 1. The topological polar surface area (TPSA) is 71.8 Å². The second-order valence-corrected chi connectivity index (χ2v) is 3.75. The minimum absolute atomic E-state index is 0.0949. The van der Waals surface area contributed by atoms with Crippen molar-refractivity contribution in [2.75, 3.05) is 5.73 Å². The minimum atomic E-state index is -0.191. The first-order valence-electron chi connectivity index (χ1n) is 4.33. The van der Waals surface area contributed by atoms with Crippen molar-refractivity contribution >= 4 is 5.95 Å². The van der Waals surface area contributed by atoms with Crippen LogP contribution in [0.2, 0.25) is 0 Å². The molecule has 4 nitrogen and oxygen atoms in total. The molecule has 1 heterocycles. The lowest BCUT2D eigenvalue weighted by Gasteiger charge is -2.21. The maximum absolute atomic E-state index is 11.1. The van der Waals surface area contributed by atoms with E-state index in [4.69, 9.17) is 5.73 Å². The smallest absolute Gasteiger partial charge is 0.252 e. The van der Waals surface area contributed by atoms with Gasteiger partial charge in [0.15, 0.2) is 0 Å². The Morgan fingerprint density at radius 3 is 2.69 bits per heavy atom. The zero-order valence-corrected chi connectivity index (χ0v) is 8.22. The molecule has 0 bridgehead atoms. The van der Waals surface area contributed by atoms with Gasteiger partial charge in [0.25, 0.3) is 5.56 Å². The third-order valence-corrected chi connectivity index (χ3v) is 2.34. The van der Waals surface area contributed by atoms with Gasteiger partial charge in [-0.1, -0.05) is 20.8 Å². The number of hydrogen-bond donors (Lipinski definition) is 2. The molecule has 1 aromatic heterocycles. The summed E-state index contributed by atoms with van der Waals surface area (Å²) >= 11 is 0. The molecule has 0 fully saturated rings. The van der Waals surface area contributed by atoms with Crippen molar-refractivity contribution in [1.82, 2.24) is 9.97 Å². The van der Waals surface area contributed by atoms with E-state index in [1.54, 1.807) is 0 Å². The molecule has 0 saturated carbocycles. The molecule has 0 spiro atoms. The molecule has 72 valence electrons. The van der Waals surface area contributed by atoms with Crippen LogP contribution in [0.25, 0.3) is 0 Å². The van der Waals surface area contributed by atoms with E-state index in [0.29, 0.717) is 0 Å². The predicted molar refractivity (Wildman–Crippen MR) is 52.6 cm³/mol. The Bertz CT molecular complexity index is 354. The minimum Gasteiger partial charge on any atom is -0.369 e. The number of nitrogens with two attached hydrogens (primary N) is 1. The highest BCUT2D eigenvalue weighted by Crippen LogP contribution is 2.23. The predicted octanol–water partition coefficient (Wildman–Crippen LogP) is 1.04. The number of aromatic nitrogens is 2. The van der Waals surface area contributed by atoms with Gasteiger partial charge >= 0.3 is 0 Å². The Morgan fingerprint density at radius 2 is 2.23 bits per heavy atom. The summed E-state index contributed by atoms with van der Waals surface area (Å²) in [6, 6.07) is 1.50. The fourth-order valence-electron chi connectivity index (χ4n) is 1.00. The fourth-order valence-corrected chi connectivity index (χ4v) is 1.00. The van der Waals surface area contributed by atoms with Crippen LogP contribution in [-0.4, -0.2) is 9.97 Å². The number of nitrogens with one attached hydrogen (secondary N) is 1. The number of nitrogen functional groups attached to an aromatic ring is 1. The van der Waals surface area contributed by atoms with Crippen LogP contribution in [0.15, 0.2) is 10.9 Å². The van der Waals surface area contributed by atoms with Gasteiger partial charge in [0.05, 0.1) is 5.69 Å². The van der Waals surface area contributed by atoms with Gasteiger partial charge < -0.3 is 5.73 Å². The van der Waals surface area contributed by atoms with Crippen molar-refractivity contribution in [2.24, 2.45) is 0 Å². The normalized spacial score (nSPS) is 11.6. The highest BCUT2D eigenvalue weighted by molar-refractivity contribution is 5.22. The van der Waals surface area contributed by atoms with Crippen LogP contribution in [0, 0.1) is 0 Å². The molecule has 0 aliphatic heterocycles. The molecule has 13 heavy (non-hydrogen) atoms. The van der Waals surface area contributed by atoms with Crippen molar-refractivity contribution < 1.29 is 0 Å². The molecule has 1 rings (SSSR count). The average Bonchev–Trinajstić information content (AvgIpc) is 2.02. The first-order valence-corrected chi connectivity index (χ1v) is 4.33. The number of nitrogens with zero attached hydrogens (tertiary/aromatic N) is 1. The molecule has 0 aliphatic rings. The molecule has 4 heteroatoms. The van der Waals surface area contributed by atoms with E-state index < -0.39 is 0 Å². The van der Waals surface area contributed by atoms with Crippen LogP contribution in [0.1, 0.15) is 32.9 Å². The lowest BCUT2D eigenvalue weighted by atomic mass is 9.86. The van der Waals surface area contributed by atoms with Gasteiger partial charge in [-0.05, 0) is 6.42 Å². The lowest BCUT2D eigenvalue weighted by molar-refractivity contribution is 0.489. The van der Waals surface area contributed by atoms with Gasteiger partial charge in [0.2, 0.25) is 5.95 Å². The van der Waals surface area contributed by atoms with Crippen molar-refractivity contribution in [3.63, 3.8) is 0 Å². The van der Waals surface area contributed by atoms with Gasteiger partial charge in [0.1, 0.15) is 0 Å². The van der Waals surface area contributed by atoms with Gasteiger partial charge in [-0.15, -0.1) is 0 Å². The summed E-state index contributed by atoms with van der Waals surface area (Å²) < 4.78 is 0. The van der Waals surface area contributed by atoms with Crippen LogP contribution in [-0.2, 0) is 5.41 Å². The number of anilines is 1. The van der Waals surface area contributed by atoms with Crippen LogP contribution in [0.5, 0.6) is 0 Å². The monoisotopic (exact) mass is 181 g/mol. The third-order valence-electron chi connectivity index (χ3n) is 2.34. The van der Waals surface area contributed by atoms with E-state index in [1.807, 2.05) is 13.8 Å². The van der Waals surface area contributed by atoms with Crippen LogP contribution < -0.4 is 11.3 Å². The largest absolute Gasteiger partial charge is 0.369 e. The number of hydrogen-bond acceptors (Lipinski definition) is 3. The van der Waals surface area contributed by atoms with Crippen molar-refractivity contribution in [3.8, 4) is 0 Å². The van der Waals surface area contributed by atoms with Gasteiger partial charge in [-0.3, -0.25) is 9.78 Å². The van der Waals surface area contributed by atoms with Crippen molar-refractivity contribution in [1.29, 1.82) is 0 Å². The molecule has 0 aromatic carbocycles. The zero-order chi connectivity index (χ0) is 10.1. The molecule has 3 N–H and O–H groups in total. The second-order valence-electron chi connectivity index (χ2n) is 3.75. The third kappa shape index (κ3) is 2.08. The Hall–Kier alpha value is -1.32. The highest BCUT2D eigenvalue weighted by Gasteiger charge is 2.20. The summed E-state index contributed by atoms with van der Waals surface area (Å²) in [6.07, 6.45) is 0.920. The second kappa shape index (κ2) is 3.20. The molecule has 0 unspecified atom stereocenters. The van der Waals surface area contributed by atoms with E-state index in [1.165, 1.54) is 6.07 Å². The van der Waals surface area contributed by atoms with Crippen LogP contribution >= 0.6 is 0 Å². The lowest BCUT2D eigenvalue weighted by Crippen LogP contribution is -2.22. The van der Waals surface area contributed by atoms with E-state index in [-0.39, 0.29) is 16.9 Å². The maximum Gasteiger partial charge on any atom is 0.252 e. The number of rotatable bonds is 2. The standard InChI is InChI=1S/C9H15N3O/c1-4-9(2,3)6-5-7(13)12-8(10)11-6/h5H,4H2,1-3H3,(H3,10,11,12,13). The molecule has 0 atom stereocenters. The summed E-state index contributed by atoms with van der Waals surface area (Å²) in [5.41, 5.74) is 5.91. The molecule has 0 amide bonds. The Kier molecular flexibility index (Phi) is 2.40. The van der Waals surface area contributed by atoms with E-state index >= 15 is 0 Å². The fraction of sp³-hybridized carbons (Fsp3) is 0.556. The summed E-state index contributed by atoms with van der Waals surface area (Å²) in [6.45, 7) is 6.13. The van der Waals surface area contributed by atoms with Gasteiger partial charge in [0, 0.05) is 11.5 Å². The Balaban J connectivity index is 3.23. The summed E-state index contributed by atoms with van der Waals surface area (Å²) in [5.74, 6) is 0.184. The van der Waals surface area contributed by atoms with Crippen LogP contribution in [0.4, 0.5) is 5.95 Å². The molecule has 0 radical (unpaired) electrons. The highest BCUT2D eigenvalue weighted by atomic mass is 16.1. The van der Waals surface area contributed by atoms with Gasteiger partial charge in [-0.25, -0.2) is 4.98 Å². The summed E-state index contributed by atoms with van der Waals surface area (Å²) in [7, 11) is 0. The SMILES string of the molecule is CCC(C)(C)c1cc(=O)[nH]c(N)n1. The Morgan fingerprint density at radius 1 is 1.62 bits per heavy atom. The van der Waals surface area contributed by atoms with Crippen molar-refractivity contribution in [2.45, 2.75) is 32.6 Å². The zero-order valence-electron chi connectivity index (χ0n) is 8.22. The van der Waals surface area contributed by atoms with Crippen LogP contribution in [0.3, 0.4) is 0 Å². The molecule has 1 aromatic rings. The summed E-state index contributed by atoms with van der Waals surface area (Å²) in [4.78, 5) is 17.6. The number of aromatic amines is 1. The molecule has 0 aliphatic carbocycles.